The summed E-state index contributed by atoms with van der Waals surface area (Å²) in [4.78, 5) is 28.2. The van der Waals surface area contributed by atoms with Gasteiger partial charge in [0.05, 0.1) is 23.7 Å². The maximum absolute atomic E-state index is 13.5. The van der Waals surface area contributed by atoms with Crippen molar-refractivity contribution >= 4 is 28.9 Å². The minimum Gasteiger partial charge on any atom is -0.497 e. The lowest BCUT2D eigenvalue weighted by Crippen LogP contribution is -2.39. The van der Waals surface area contributed by atoms with Crippen LogP contribution in [0.3, 0.4) is 0 Å². The van der Waals surface area contributed by atoms with Crippen LogP contribution < -0.4 is 4.74 Å². The van der Waals surface area contributed by atoms with Crippen LogP contribution in [-0.2, 0) is 4.79 Å². The predicted octanol–water partition coefficient (Wildman–Crippen LogP) is 4.35. The van der Waals surface area contributed by atoms with Gasteiger partial charge in [0.1, 0.15) is 18.1 Å². The van der Waals surface area contributed by atoms with Crippen molar-refractivity contribution in [1.29, 1.82) is 0 Å². The van der Waals surface area contributed by atoms with E-state index in [1.165, 1.54) is 35.2 Å². The molecule has 2 amide bonds. The molecule has 6 nitrogen and oxygen atoms in total. The van der Waals surface area contributed by atoms with Crippen molar-refractivity contribution in [2.75, 3.05) is 20.7 Å². The molecular formula is C24H22FN3O3S. The Morgan fingerprint density at radius 2 is 1.97 bits per heavy atom. The molecule has 164 valence electrons. The average Bonchev–Trinajstić information content (AvgIpc) is 3.48. The number of likely N-dealkylation sites (N-methyl/N-ethyl adjacent to an activating group) is 1. The minimum atomic E-state index is -0.500. The molecule has 0 radical (unpaired) electrons. The molecule has 1 aliphatic rings. The topological polar surface area (TPSA) is 62.2 Å². The number of methoxy groups -OCH3 is 1. The zero-order valence-corrected chi connectivity index (χ0v) is 18.5. The number of carbonyl (C=O) groups is 2. The highest BCUT2D eigenvalue weighted by Crippen LogP contribution is 2.34. The largest absolute Gasteiger partial charge is 0.497 e. The molecule has 0 N–H and O–H groups in total. The van der Waals surface area contributed by atoms with Gasteiger partial charge >= 0.3 is 0 Å². The Morgan fingerprint density at radius 1 is 1.19 bits per heavy atom. The second kappa shape index (κ2) is 9.32. The van der Waals surface area contributed by atoms with Crippen LogP contribution in [0.2, 0.25) is 0 Å². The Morgan fingerprint density at radius 3 is 2.62 bits per heavy atom. The fraction of sp³-hybridized carbons (Fsp3) is 0.208. The van der Waals surface area contributed by atoms with Gasteiger partial charge in [-0.2, -0.15) is 5.10 Å². The molecule has 4 rings (SSSR count). The van der Waals surface area contributed by atoms with E-state index in [0.29, 0.717) is 6.42 Å². The second-order valence-corrected chi connectivity index (χ2v) is 8.37. The minimum absolute atomic E-state index is 0.177. The van der Waals surface area contributed by atoms with E-state index in [2.05, 4.69) is 5.10 Å². The number of amides is 2. The van der Waals surface area contributed by atoms with Crippen LogP contribution in [0, 0.1) is 5.82 Å². The van der Waals surface area contributed by atoms with E-state index in [-0.39, 0.29) is 24.1 Å². The van der Waals surface area contributed by atoms with E-state index in [1.807, 2.05) is 41.8 Å². The third-order valence-electron chi connectivity index (χ3n) is 5.26. The monoisotopic (exact) mass is 451 g/mol. The van der Waals surface area contributed by atoms with Crippen LogP contribution in [0.4, 0.5) is 4.39 Å². The Labute approximate surface area is 189 Å². The molecular weight excluding hydrogens is 429 g/mol. The van der Waals surface area contributed by atoms with Gasteiger partial charge in [-0.25, -0.2) is 9.40 Å². The molecule has 2 aromatic carbocycles. The zero-order chi connectivity index (χ0) is 22.7. The number of ether oxygens (including phenoxy) is 1. The molecule has 1 atom stereocenters. The van der Waals surface area contributed by atoms with Crippen molar-refractivity contribution in [1.82, 2.24) is 9.91 Å². The smallest absolute Gasteiger partial charge is 0.262 e. The maximum atomic E-state index is 13.5. The number of hydrogen-bond donors (Lipinski definition) is 0. The summed E-state index contributed by atoms with van der Waals surface area (Å²) in [5.41, 5.74) is 1.94. The summed E-state index contributed by atoms with van der Waals surface area (Å²) in [6, 6.07) is 16.6. The SMILES string of the molecule is COc1ccc(C2CC(c3cccs3)=NN2C(=O)CN(C)C(=O)c2cccc(F)c2)cc1. The lowest BCUT2D eigenvalue weighted by Gasteiger charge is -2.25. The van der Waals surface area contributed by atoms with Gasteiger partial charge in [-0.3, -0.25) is 9.59 Å². The number of carbonyl (C=O) groups excluding carboxylic acids is 2. The molecule has 1 unspecified atom stereocenters. The fourth-order valence-electron chi connectivity index (χ4n) is 3.61. The predicted molar refractivity (Wildman–Crippen MR) is 121 cm³/mol. The molecule has 0 bridgehead atoms. The van der Waals surface area contributed by atoms with Gasteiger partial charge in [0.15, 0.2) is 0 Å². The number of halogens is 1. The first-order valence-corrected chi connectivity index (χ1v) is 10.9. The molecule has 1 aliphatic heterocycles. The molecule has 2 heterocycles. The van der Waals surface area contributed by atoms with Gasteiger partial charge in [0.2, 0.25) is 0 Å². The lowest BCUT2D eigenvalue weighted by molar-refractivity contribution is -0.133. The van der Waals surface area contributed by atoms with Crippen LogP contribution in [0.15, 0.2) is 71.1 Å². The van der Waals surface area contributed by atoms with E-state index in [1.54, 1.807) is 18.4 Å². The summed E-state index contributed by atoms with van der Waals surface area (Å²) >= 11 is 1.57. The molecule has 0 spiro atoms. The number of hydrogen-bond acceptors (Lipinski definition) is 5. The molecule has 0 aliphatic carbocycles. The van der Waals surface area contributed by atoms with Crippen LogP contribution in [0.5, 0.6) is 5.75 Å². The molecule has 1 aromatic heterocycles. The third-order valence-corrected chi connectivity index (χ3v) is 6.18. The fourth-order valence-corrected chi connectivity index (χ4v) is 4.33. The first kappa shape index (κ1) is 21.7. The lowest BCUT2D eigenvalue weighted by atomic mass is 10.0. The number of rotatable bonds is 6. The Bertz CT molecular complexity index is 1150. The maximum Gasteiger partial charge on any atom is 0.262 e. The molecule has 0 saturated carbocycles. The summed E-state index contributed by atoms with van der Waals surface area (Å²) in [5.74, 6) is -0.519. The van der Waals surface area contributed by atoms with Crippen molar-refractivity contribution in [3.8, 4) is 5.75 Å². The zero-order valence-electron chi connectivity index (χ0n) is 17.7. The normalized spacial score (nSPS) is 15.4. The van der Waals surface area contributed by atoms with Crippen molar-refractivity contribution < 1.29 is 18.7 Å². The van der Waals surface area contributed by atoms with Gasteiger partial charge in [-0.1, -0.05) is 24.3 Å². The standard InChI is InChI=1S/C24H22FN3O3S/c1-27(24(30)17-5-3-6-18(25)13-17)15-23(29)28-21(16-8-10-19(31-2)11-9-16)14-20(26-28)22-7-4-12-32-22/h3-13,21H,14-15H2,1-2H3. The quantitative estimate of drug-likeness (QED) is 0.560. The van der Waals surface area contributed by atoms with Crippen LogP contribution >= 0.6 is 11.3 Å². The highest BCUT2D eigenvalue weighted by molar-refractivity contribution is 7.12. The van der Waals surface area contributed by atoms with Crippen molar-refractivity contribution in [3.63, 3.8) is 0 Å². The first-order chi connectivity index (χ1) is 15.5. The van der Waals surface area contributed by atoms with Gasteiger partial charge in [-0.15, -0.1) is 11.3 Å². The summed E-state index contributed by atoms with van der Waals surface area (Å²) in [6.45, 7) is -0.177. The Kier molecular flexibility index (Phi) is 6.32. The molecule has 8 heteroatoms. The van der Waals surface area contributed by atoms with Crippen molar-refractivity contribution in [3.05, 3.63) is 87.9 Å². The number of nitrogens with zero attached hydrogens (tertiary/aromatic N) is 3. The molecule has 0 fully saturated rings. The summed E-state index contributed by atoms with van der Waals surface area (Å²) in [5, 5.41) is 8.03. The summed E-state index contributed by atoms with van der Waals surface area (Å²) in [7, 11) is 3.12. The van der Waals surface area contributed by atoms with Crippen molar-refractivity contribution in [2.24, 2.45) is 5.10 Å². The number of thiophene rings is 1. The van der Waals surface area contributed by atoms with Crippen molar-refractivity contribution in [2.45, 2.75) is 12.5 Å². The van der Waals surface area contributed by atoms with E-state index in [0.717, 1.165) is 28.0 Å². The third kappa shape index (κ3) is 4.55. The van der Waals surface area contributed by atoms with Crippen LogP contribution in [0.25, 0.3) is 0 Å². The molecule has 3 aromatic rings. The summed E-state index contributed by atoms with van der Waals surface area (Å²) < 4.78 is 18.7. The second-order valence-electron chi connectivity index (χ2n) is 7.43. The average molecular weight is 452 g/mol. The van der Waals surface area contributed by atoms with E-state index >= 15 is 0 Å². The van der Waals surface area contributed by atoms with Gasteiger partial charge in [0.25, 0.3) is 11.8 Å². The summed E-state index contributed by atoms with van der Waals surface area (Å²) in [6.07, 6.45) is 0.570. The Hall–Kier alpha value is -3.52. The first-order valence-electron chi connectivity index (χ1n) is 10.0. The van der Waals surface area contributed by atoms with E-state index < -0.39 is 11.7 Å². The van der Waals surface area contributed by atoms with E-state index in [4.69, 9.17) is 4.74 Å². The van der Waals surface area contributed by atoms with E-state index in [9.17, 15) is 14.0 Å². The molecule has 0 saturated heterocycles. The van der Waals surface area contributed by atoms with Gasteiger partial charge < -0.3 is 9.64 Å². The number of benzene rings is 2. The number of hydrazone groups is 1. The molecule has 32 heavy (non-hydrogen) atoms. The van der Waals surface area contributed by atoms with Gasteiger partial charge in [0, 0.05) is 19.0 Å². The highest BCUT2D eigenvalue weighted by Gasteiger charge is 2.34. The Balaban J connectivity index is 1.56. The van der Waals surface area contributed by atoms with Crippen LogP contribution in [-0.4, -0.2) is 48.1 Å². The highest BCUT2D eigenvalue weighted by atomic mass is 32.1. The van der Waals surface area contributed by atoms with Crippen LogP contribution in [0.1, 0.15) is 33.3 Å². The van der Waals surface area contributed by atoms with Gasteiger partial charge in [-0.05, 0) is 47.3 Å².